The molecule has 0 fully saturated rings. The van der Waals surface area contributed by atoms with Gasteiger partial charge in [0.25, 0.3) is 0 Å². The van der Waals surface area contributed by atoms with Gasteiger partial charge in [0.1, 0.15) is 0 Å². The van der Waals surface area contributed by atoms with Gasteiger partial charge in [0.15, 0.2) is 0 Å². The number of aliphatic hydroxyl groups is 1. The second kappa shape index (κ2) is 17.4. The lowest BCUT2D eigenvalue weighted by atomic mass is 10.1. The lowest BCUT2D eigenvalue weighted by Crippen LogP contribution is -1.83. The minimum atomic E-state index is 0.355. The van der Waals surface area contributed by atoms with Gasteiger partial charge in [-0.15, -0.1) is 0 Å². The first-order valence-electron chi connectivity index (χ1n) is 8.34. The molecule has 0 aromatic carbocycles. The largest absolute Gasteiger partial charge is 0.396 e. The van der Waals surface area contributed by atoms with Crippen molar-refractivity contribution < 1.29 is 5.11 Å². The molecule has 0 aliphatic carbocycles. The molecule has 0 aliphatic rings. The predicted molar refractivity (Wildman–Crippen MR) is 86.4 cm³/mol. The topological polar surface area (TPSA) is 20.2 Å². The van der Waals surface area contributed by atoms with E-state index >= 15 is 0 Å². The molecule has 0 radical (unpaired) electrons. The van der Waals surface area contributed by atoms with E-state index in [0.717, 1.165) is 6.42 Å². The van der Waals surface area contributed by atoms with Crippen molar-refractivity contribution >= 4 is 0 Å². The zero-order valence-electron chi connectivity index (χ0n) is 12.9. The first-order valence-corrected chi connectivity index (χ1v) is 8.34. The van der Waals surface area contributed by atoms with Crippen LogP contribution < -0.4 is 0 Å². The van der Waals surface area contributed by atoms with E-state index in [1.165, 1.54) is 70.6 Å². The Balaban J connectivity index is 3.14. The van der Waals surface area contributed by atoms with Crippen LogP contribution in [-0.4, -0.2) is 11.7 Å². The molecular formula is C18H34O. The highest BCUT2D eigenvalue weighted by atomic mass is 16.2. The summed E-state index contributed by atoms with van der Waals surface area (Å²) in [6, 6.07) is 0. The summed E-state index contributed by atoms with van der Waals surface area (Å²) >= 11 is 0. The van der Waals surface area contributed by atoms with E-state index in [9.17, 15) is 0 Å². The summed E-state index contributed by atoms with van der Waals surface area (Å²) in [5.74, 6) is 0. The number of hydrogen-bond donors (Lipinski definition) is 1. The van der Waals surface area contributed by atoms with Crippen LogP contribution in [0.3, 0.4) is 0 Å². The highest BCUT2D eigenvalue weighted by molar-refractivity contribution is 5.02. The van der Waals surface area contributed by atoms with E-state index in [1.807, 2.05) is 0 Å². The van der Waals surface area contributed by atoms with Crippen LogP contribution in [0.15, 0.2) is 24.3 Å². The van der Waals surface area contributed by atoms with Crippen molar-refractivity contribution in [2.24, 2.45) is 0 Å². The molecule has 0 aromatic rings. The Kier molecular flexibility index (Phi) is 16.9. The molecule has 0 saturated heterocycles. The lowest BCUT2D eigenvalue weighted by molar-refractivity contribution is 0.282. The molecule has 0 aromatic heterocycles. The maximum atomic E-state index is 8.65. The van der Waals surface area contributed by atoms with E-state index < -0.39 is 0 Å². The highest BCUT2D eigenvalue weighted by Crippen LogP contribution is 2.07. The Morgan fingerprint density at radius 3 is 1.63 bits per heavy atom. The van der Waals surface area contributed by atoms with E-state index in [-0.39, 0.29) is 0 Å². The van der Waals surface area contributed by atoms with E-state index in [0.29, 0.717) is 6.61 Å². The van der Waals surface area contributed by atoms with E-state index in [4.69, 9.17) is 5.11 Å². The summed E-state index contributed by atoms with van der Waals surface area (Å²) < 4.78 is 0. The van der Waals surface area contributed by atoms with Crippen LogP contribution >= 0.6 is 0 Å². The van der Waals surface area contributed by atoms with E-state index in [2.05, 4.69) is 31.2 Å². The van der Waals surface area contributed by atoms with Gasteiger partial charge in [-0.05, 0) is 32.1 Å². The number of aliphatic hydroxyl groups excluding tert-OH is 1. The Morgan fingerprint density at radius 2 is 1.11 bits per heavy atom. The molecule has 112 valence electrons. The van der Waals surface area contributed by atoms with Gasteiger partial charge in [0.05, 0.1) is 0 Å². The lowest BCUT2D eigenvalue weighted by Gasteiger charge is -1.98. The van der Waals surface area contributed by atoms with Crippen LogP contribution in [0.5, 0.6) is 0 Å². The van der Waals surface area contributed by atoms with Gasteiger partial charge in [0.2, 0.25) is 0 Å². The number of unbranched alkanes of at least 4 members (excludes halogenated alkanes) is 10. The summed E-state index contributed by atoms with van der Waals surface area (Å²) in [5.41, 5.74) is 0. The molecule has 1 N–H and O–H groups in total. The number of rotatable bonds is 14. The zero-order valence-corrected chi connectivity index (χ0v) is 12.9. The average molecular weight is 266 g/mol. The van der Waals surface area contributed by atoms with Crippen LogP contribution in [0, 0.1) is 0 Å². The molecule has 0 unspecified atom stereocenters. The van der Waals surface area contributed by atoms with E-state index in [1.54, 1.807) is 0 Å². The molecule has 1 heteroatoms. The summed E-state index contributed by atoms with van der Waals surface area (Å²) in [7, 11) is 0. The molecule has 1 nitrogen and oxygen atoms in total. The molecule has 0 bridgehead atoms. The van der Waals surface area contributed by atoms with Crippen LogP contribution in [0.2, 0.25) is 0 Å². The Hall–Kier alpha value is -0.560. The van der Waals surface area contributed by atoms with Crippen LogP contribution in [0.4, 0.5) is 0 Å². The second-order valence-electron chi connectivity index (χ2n) is 5.34. The fourth-order valence-electron chi connectivity index (χ4n) is 2.12. The third-order valence-electron chi connectivity index (χ3n) is 3.39. The van der Waals surface area contributed by atoms with Gasteiger partial charge in [-0.3, -0.25) is 0 Å². The predicted octanol–water partition coefficient (Wildman–Crippen LogP) is 5.79. The molecule has 0 atom stereocenters. The first-order chi connectivity index (χ1) is 9.41. The Bertz CT molecular complexity index is 206. The van der Waals surface area contributed by atoms with Crippen molar-refractivity contribution in [3.8, 4) is 0 Å². The normalized spacial score (nSPS) is 11.9. The maximum absolute atomic E-state index is 8.65. The third-order valence-corrected chi connectivity index (χ3v) is 3.39. The fraction of sp³-hybridized carbons (Fsp3) is 0.778. The highest BCUT2D eigenvalue weighted by Gasteiger charge is 1.89. The third kappa shape index (κ3) is 17.4. The molecular weight excluding hydrogens is 232 g/mol. The first kappa shape index (κ1) is 18.4. The van der Waals surface area contributed by atoms with Crippen molar-refractivity contribution in [3.63, 3.8) is 0 Å². The van der Waals surface area contributed by atoms with Crippen molar-refractivity contribution in [3.05, 3.63) is 24.3 Å². The molecule has 19 heavy (non-hydrogen) atoms. The minimum Gasteiger partial charge on any atom is -0.396 e. The molecule has 0 heterocycles. The Labute approximate surface area is 120 Å². The number of allylic oxidation sites excluding steroid dienone is 4. The van der Waals surface area contributed by atoms with Gasteiger partial charge in [-0.25, -0.2) is 0 Å². The van der Waals surface area contributed by atoms with Gasteiger partial charge in [0, 0.05) is 6.61 Å². The smallest absolute Gasteiger partial charge is 0.0431 e. The van der Waals surface area contributed by atoms with Gasteiger partial charge >= 0.3 is 0 Å². The standard InChI is InChI=1S/C18H34O/c1-2-3-4-5-6-7-8-9-10-11-12-13-14-15-16-17-18-19/h7-10,19H,2-6,11-18H2,1H3. The van der Waals surface area contributed by atoms with Crippen LogP contribution in [0.1, 0.15) is 84.0 Å². The monoisotopic (exact) mass is 266 g/mol. The summed E-state index contributed by atoms with van der Waals surface area (Å²) in [6.07, 6.45) is 24.2. The van der Waals surface area contributed by atoms with Gasteiger partial charge in [-0.2, -0.15) is 0 Å². The SMILES string of the molecule is CCCCCCC=CC=CCCCCCCCCO. The second-order valence-corrected chi connectivity index (χ2v) is 5.34. The fourth-order valence-corrected chi connectivity index (χ4v) is 2.12. The van der Waals surface area contributed by atoms with Gasteiger partial charge in [-0.1, -0.05) is 76.2 Å². The Morgan fingerprint density at radius 1 is 0.632 bits per heavy atom. The van der Waals surface area contributed by atoms with Gasteiger partial charge < -0.3 is 5.11 Å². The van der Waals surface area contributed by atoms with Crippen LogP contribution in [0.25, 0.3) is 0 Å². The minimum absolute atomic E-state index is 0.355. The van der Waals surface area contributed by atoms with Crippen LogP contribution in [-0.2, 0) is 0 Å². The molecule has 0 saturated carbocycles. The van der Waals surface area contributed by atoms with Crippen molar-refractivity contribution in [1.82, 2.24) is 0 Å². The maximum Gasteiger partial charge on any atom is 0.0431 e. The molecule has 0 spiro atoms. The average Bonchev–Trinajstić information content (AvgIpc) is 2.43. The number of hydrogen-bond acceptors (Lipinski definition) is 1. The van der Waals surface area contributed by atoms with Crippen molar-refractivity contribution in [2.75, 3.05) is 6.61 Å². The van der Waals surface area contributed by atoms with Crippen molar-refractivity contribution in [2.45, 2.75) is 84.0 Å². The molecule has 0 amide bonds. The molecule has 0 rings (SSSR count). The zero-order chi connectivity index (χ0) is 14.0. The summed E-state index contributed by atoms with van der Waals surface area (Å²) in [5, 5.41) is 8.65. The quantitative estimate of drug-likeness (QED) is 0.311. The summed E-state index contributed by atoms with van der Waals surface area (Å²) in [4.78, 5) is 0. The molecule has 0 aliphatic heterocycles. The van der Waals surface area contributed by atoms with Crippen molar-refractivity contribution in [1.29, 1.82) is 0 Å². The summed E-state index contributed by atoms with van der Waals surface area (Å²) in [6.45, 7) is 2.61.